The van der Waals surface area contributed by atoms with Gasteiger partial charge in [-0.3, -0.25) is 4.99 Å². The number of hydrogen-bond donors (Lipinski definition) is 1. The Morgan fingerprint density at radius 1 is 1.13 bits per heavy atom. The van der Waals surface area contributed by atoms with E-state index < -0.39 is 0 Å². The van der Waals surface area contributed by atoms with E-state index in [1.165, 1.54) is 17.5 Å². The zero-order valence-corrected chi connectivity index (χ0v) is 18.8. The van der Waals surface area contributed by atoms with Crippen molar-refractivity contribution in [3.8, 4) is 5.75 Å². The van der Waals surface area contributed by atoms with Crippen LogP contribution in [-0.4, -0.2) is 57.9 Å². The second kappa shape index (κ2) is 10.2. The Balaban J connectivity index is 1.40. The third-order valence-corrected chi connectivity index (χ3v) is 6.90. The van der Waals surface area contributed by atoms with Crippen molar-refractivity contribution in [2.24, 2.45) is 10.9 Å². The van der Waals surface area contributed by atoms with E-state index in [1.807, 2.05) is 7.05 Å². The molecule has 1 atom stereocenters. The van der Waals surface area contributed by atoms with Gasteiger partial charge in [0.15, 0.2) is 5.96 Å². The van der Waals surface area contributed by atoms with Crippen LogP contribution in [0, 0.1) is 5.92 Å². The number of likely N-dealkylation sites (tertiary alicyclic amines) is 1. The number of rotatable bonds is 6. The molecule has 2 aromatic carbocycles. The minimum atomic E-state index is 0.0592. The van der Waals surface area contributed by atoms with Crippen LogP contribution < -0.4 is 10.1 Å². The molecular formula is C26H35N3O2. The zero-order valence-electron chi connectivity index (χ0n) is 18.8. The standard InChI is InChI=1S/C26H35N3O2/c1-27-25(29-15-12-22(19-29)18-21-6-4-3-5-7-21)28-20-26(13-16-31-17-14-26)23-8-10-24(30-2)11-9-23/h3-11,22H,12-20H2,1-2H3,(H,27,28). The van der Waals surface area contributed by atoms with E-state index in [0.717, 1.165) is 63.8 Å². The molecule has 0 aliphatic carbocycles. The van der Waals surface area contributed by atoms with Gasteiger partial charge >= 0.3 is 0 Å². The average molecular weight is 422 g/mol. The Bertz CT molecular complexity index is 845. The quantitative estimate of drug-likeness (QED) is 0.568. The molecule has 0 spiro atoms. The van der Waals surface area contributed by atoms with E-state index in [9.17, 15) is 0 Å². The molecule has 2 aromatic rings. The Hall–Kier alpha value is -2.53. The first-order valence-corrected chi connectivity index (χ1v) is 11.4. The zero-order chi connectivity index (χ0) is 21.5. The first-order valence-electron chi connectivity index (χ1n) is 11.4. The van der Waals surface area contributed by atoms with Crippen molar-refractivity contribution in [3.63, 3.8) is 0 Å². The van der Waals surface area contributed by atoms with Crippen molar-refractivity contribution in [1.82, 2.24) is 10.2 Å². The lowest BCUT2D eigenvalue weighted by molar-refractivity contribution is 0.0512. The Morgan fingerprint density at radius 2 is 1.87 bits per heavy atom. The summed E-state index contributed by atoms with van der Waals surface area (Å²) < 4.78 is 11.1. The molecule has 0 bridgehead atoms. The number of aliphatic imine (C=N–C) groups is 1. The molecule has 0 saturated carbocycles. The summed E-state index contributed by atoms with van der Waals surface area (Å²) in [6.07, 6.45) is 4.38. The molecule has 0 aromatic heterocycles. The van der Waals surface area contributed by atoms with E-state index in [-0.39, 0.29) is 5.41 Å². The van der Waals surface area contributed by atoms with Gasteiger partial charge in [-0.2, -0.15) is 0 Å². The van der Waals surface area contributed by atoms with Gasteiger partial charge in [0.1, 0.15) is 5.75 Å². The highest BCUT2D eigenvalue weighted by atomic mass is 16.5. The smallest absolute Gasteiger partial charge is 0.193 e. The van der Waals surface area contributed by atoms with Crippen molar-refractivity contribution in [1.29, 1.82) is 0 Å². The van der Waals surface area contributed by atoms with Gasteiger partial charge in [0, 0.05) is 45.3 Å². The highest BCUT2D eigenvalue weighted by molar-refractivity contribution is 5.80. The molecule has 2 saturated heterocycles. The average Bonchev–Trinajstić information content (AvgIpc) is 3.29. The van der Waals surface area contributed by atoms with Crippen LogP contribution in [0.25, 0.3) is 0 Å². The molecule has 31 heavy (non-hydrogen) atoms. The maximum Gasteiger partial charge on any atom is 0.193 e. The highest BCUT2D eigenvalue weighted by Gasteiger charge is 2.35. The number of guanidine groups is 1. The summed E-state index contributed by atoms with van der Waals surface area (Å²) in [6.45, 7) is 4.60. The molecule has 166 valence electrons. The molecule has 5 heteroatoms. The molecule has 4 rings (SSSR count). The van der Waals surface area contributed by atoms with Crippen LogP contribution in [0.1, 0.15) is 30.4 Å². The van der Waals surface area contributed by atoms with Gasteiger partial charge in [-0.15, -0.1) is 0 Å². The summed E-state index contributed by atoms with van der Waals surface area (Å²) in [5, 5.41) is 3.72. The van der Waals surface area contributed by atoms with Crippen molar-refractivity contribution in [3.05, 3.63) is 65.7 Å². The molecule has 5 nitrogen and oxygen atoms in total. The summed E-state index contributed by atoms with van der Waals surface area (Å²) in [7, 11) is 3.61. The minimum absolute atomic E-state index is 0.0592. The number of benzene rings is 2. The molecule has 2 aliphatic rings. The summed E-state index contributed by atoms with van der Waals surface area (Å²) in [6, 6.07) is 19.4. The Morgan fingerprint density at radius 3 is 2.55 bits per heavy atom. The maximum atomic E-state index is 5.70. The number of hydrogen-bond acceptors (Lipinski definition) is 3. The Labute approximate surface area is 186 Å². The van der Waals surface area contributed by atoms with Crippen molar-refractivity contribution in [2.45, 2.75) is 31.1 Å². The van der Waals surface area contributed by atoms with E-state index in [2.05, 4.69) is 69.8 Å². The fourth-order valence-electron chi connectivity index (χ4n) is 4.99. The van der Waals surface area contributed by atoms with Gasteiger partial charge in [0.2, 0.25) is 0 Å². The number of nitrogens with one attached hydrogen (secondary N) is 1. The first kappa shape index (κ1) is 21.7. The van der Waals surface area contributed by atoms with Gasteiger partial charge in [-0.25, -0.2) is 0 Å². The monoisotopic (exact) mass is 421 g/mol. The fourth-order valence-corrected chi connectivity index (χ4v) is 4.99. The summed E-state index contributed by atoms with van der Waals surface area (Å²) in [4.78, 5) is 7.05. The molecule has 1 unspecified atom stereocenters. The van der Waals surface area contributed by atoms with Crippen LogP contribution in [0.5, 0.6) is 5.75 Å². The van der Waals surface area contributed by atoms with Crippen LogP contribution in [-0.2, 0) is 16.6 Å². The lowest BCUT2D eigenvalue weighted by Crippen LogP contribution is -2.48. The van der Waals surface area contributed by atoms with Gasteiger partial charge in [0.05, 0.1) is 7.11 Å². The molecule has 0 radical (unpaired) electrons. The third-order valence-electron chi connectivity index (χ3n) is 6.90. The lowest BCUT2D eigenvalue weighted by Gasteiger charge is -2.39. The Kier molecular flexibility index (Phi) is 7.13. The molecule has 2 heterocycles. The van der Waals surface area contributed by atoms with Gasteiger partial charge in [-0.05, 0) is 54.9 Å². The van der Waals surface area contributed by atoms with E-state index in [4.69, 9.17) is 9.47 Å². The molecule has 2 aliphatic heterocycles. The number of methoxy groups -OCH3 is 1. The fraction of sp³-hybridized carbons (Fsp3) is 0.500. The normalized spacial score (nSPS) is 21.2. The predicted molar refractivity (Wildman–Crippen MR) is 126 cm³/mol. The summed E-state index contributed by atoms with van der Waals surface area (Å²) in [5.74, 6) is 2.60. The third kappa shape index (κ3) is 5.21. The van der Waals surface area contributed by atoms with Gasteiger partial charge in [-0.1, -0.05) is 42.5 Å². The van der Waals surface area contributed by atoms with Crippen molar-refractivity contribution < 1.29 is 9.47 Å². The molecule has 0 amide bonds. The van der Waals surface area contributed by atoms with Gasteiger partial charge in [0.25, 0.3) is 0 Å². The van der Waals surface area contributed by atoms with E-state index in [1.54, 1.807) is 7.11 Å². The topological polar surface area (TPSA) is 46.1 Å². The number of ether oxygens (including phenoxy) is 2. The molecular weight excluding hydrogens is 386 g/mol. The first-order chi connectivity index (χ1) is 15.2. The second-order valence-corrected chi connectivity index (χ2v) is 8.81. The maximum absolute atomic E-state index is 5.70. The summed E-state index contributed by atoms with van der Waals surface area (Å²) >= 11 is 0. The van der Waals surface area contributed by atoms with Crippen LogP contribution in [0.2, 0.25) is 0 Å². The number of nitrogens with zero attached hydrogens (tertiary/aromatic N) is 2. The lowest BCUT2D eigenvalue weighted by atomic mass is 9.74. The van der Waals surface area contributed by atoms with Crippen LogP contribution >= 0.6 is 0 Å². The molecule has 1 N–H and O–H groups in total. The summed E-state index contributed by atoms with van der Waals surface area (Å²) in [5.41, 5.74) is 2.84. The predicted octanol–water partition coefficient (Wildman–Crippen LogP) is 3.88. The minimum Gasteiger partial charge on any atom is -0.497 e. The highest BCUT2D eigenvalue weighted by Crippen LogP contribution is 2.35. The van der Waals surface area contributed by atoms with Crippen molar-refractivity contribution >= 4 is 5.96 Å². The van der Waals surface area contributed by atoms with Crippen molar-refractivity contribution in [2.75, 3.05) is 47.0 Å². The van der Waals surface area contributed by atoms with Crippen LogP contribution in [0.3, 0.4) is 0 Å². The van der Waals surface area contributed by atoms with Crippen LogP contribution in [0.4, 0.5) is 0 Å². The second-order valence-electron chi connectivity index (χ2n) is 8.81. The molecule has 2 fully saturated rings. The van der Waals surface area contributed by atoms with E-state index in [0.29, 0.717) is 5.92 Å². The largest absolute Gasteiger partial charge is 0.497 e. The van der Waals surface area contributed by atoms with E-state index >= 15 is 0 Å². The van der Waals surface area contributed by atoms with Crippen LogP contribution in [0.15, 0.2) is 59.6 Å². The van der Waals surface area contributed by atoms with Gasteiger partial charge < -0.3 is 19.7 Å². The SMILES string of the molecule is CN=C(NCC1(c2ccc(OC)cc2)CCOCC1)N1CCC(Cc2ccccc2)C1.